The van der Waals surface area contributed by atoms with Crippen molar-refractivity contribution in [1.82, 2.24) is 4.90 Å². The Morgan fingerprint density at radius 1 is 1.25 bits per heavy atom. The summed E-state index contributed by atoms with van der Waals surface area (Å²) in [6, 6.07) is 0. The van der Waals surface area contributed by atoms with Gasteiger partial charge < -0.3 is 10.1 Å². The van der Waals surface area contributed by atoms with Crippen LogP contribution in [0.2, 0.25) is 0 Å². The summed E-state index contributed by atoms with van der Waals surface area (Å²) in [7, 11) is 0. The third kappa shape index (κ3) is 3.97. The summed E-state index contributed by atoms with van der Waals surface area (Å²) in [6.45, 7) is 3.71. The SMILES string of the molecule is CCCCC1CCC(C(=O)N2CCC(=NO)CC2)CC1. The van der Waals surface area contributed by atoms with Crippen molar-refractivity contribution in [3.63, 3.8) is 0 Å². The van der Waals surface area contributed by atoms with Crippen LogP contribution in [0.1, 0.15) is 64.7 Å². The average molecular weight is 280 g/mol. The molecule has 1 heterocycles. The molecule has 2 aliphatic rings. The zero-order chi connectivity index (χ0) is 14.4. The highest BCUT2D eigenvalue weighted by Crippen LogP contribution is 2.33. The van der Waals surface area contributed by atoms with Crippen LogP contribution in [-0.4, -0.2) is 34.8 Å². The molecule has 0 bridgehead atoms. The van der Waals surface area contributed by atoms with Gasteiger partial charge in [-0.25, -0.2) is 0 Å². The molecule has 0 aromatic carbocycles. The number of piperidine rings is 1. The summed E-state index contributed by atoms with van der Waals surface area (Å²) >= 11 is 0. The highest BCUT2D eigenvalue weighted by molar-refractivity contribution is 5.87. The van der Waals surface area contributed by atoms with Gasteiger partial charge in [0.2, 0.25) is 5.91 Å². The molecule has 0 aromatic heterocycles. The molecule has 0 aromatic rings. The standard InChI is InChI=1S/C16H28N2O2/c1-2-3-4-13-5-7-14(8-6-13)16(19)18-11-9-15(17-20)10-12-18/h13-14,20H,2-12H2,1H3. The molecule has 0 atom stereocenters. The van der Waals surface area contributed by atoms with Crippen LogP contribution in [0.15, 0.2) is 5.16 Å². The Kier molecular flexibility index (Phi) is 5.86. The van der Waals surface area contributed by atoms with E-state index in [1.54, 1.807) is 0 Å². The Balaban J connectivity index is 1.75. The molecule has 2 rings (SSSR count). The Bertz CT molecular complexity index is 336. The summed E-state index contributed by atoms with van der Waals surface area (Å²) in [6.07, 6.45) is 10.0. The first-order chi connectivity index (χ1) is 9.74. The van der Waals surface area contributed by atoms with E-state index in [1.165, 1.54) is 32.1 Å². The number of unbranched alkanes of at least 4 members (excludes halogenated alkanes) is 1. The van der Waals surface area contributed by atoms with E-state index in [4.69, 9.17) is 5.21 Å². The van der Waals surface area contributed by atoms with Gasteiger partial charge >= 0.3 is 0 Å². The maximum atomic E-state index is 12.5. The Hall–Kier alpha value is -1.06. The van der Waals surface area contributed by atoms with E-state index in [-0.39, 0.29) is 5.92 Å². The lowest BCUT2D eigenvalue weighted by Crippen LogP contribution is -2.42. The molecule has 4 heteroatoms. The van der Waals surface area contributed by atoms with E-state index < -0.39 is 0 Å². The molecule has 0 radical (unpaired) electrons. The second-order valence-electron chi connectivity index (χ2n) is 6.35. The fourth-order valence-corrected chi connectivity index (χ4v) is 3.53. The number of rotatable bonds is 4. The first kappa shape index (κ1) is 15.3. The molecule has 0 spiro atoms. The van der Waals surface area contributed by atoms with Gasteiger partial charge in [0.15, 0.2) is 0 Å². The van der Waals surface area contributed by atoms with Gasteiger partial charge in [-0.1, -0.05) is 31.3 Å². The smallest absolute Gasteiger partial charge is 0.225 e. The lowest BCUT2D eigenvalue weighted by atomic mass is 9.79. The van der Waals surface area contributed by atoms with E-state index in [0.29, 0.717) is 5.91 Å². The van der Waals surface area contributed by atoms with Crippen molar-refractivity contribution < 1.29 is 10.0 Å². The zero-order valence-corrected chi connectivity index (χ0v) is 12.7. The summed E-state index contributed by atoms with van der Waals surface area (Å²) in [5.41, 5.74) is 0.831. The first-order valence-electron chi connectivity index (χ1n) is 8.23. The van der Waals surface area contributed by atoms with Crippen LogP contribution in [0.3, 0.4) is 0 Å². The summed E-state index contributed by atoms with van der Waals surface area (Å²) in [5, 5.41) is 12.0. The molecule has 1 saturated heterocycles. The lowest BCUT2D eigenvalue weighted by Gasteiger charge is -2.34. The number of carbonyl (C=O) groups is 1. The minimum atomic E-state index is 0.250. The van der Waals surface area contributed by atoms with Gasteiger partial charge in [-0.05, 0) is 31.6 Å². The van der Waals surface area contributed by atoms with E-state index in [1.807, 2.05) is 4.90 Å². The second-order valence-corrected chi connectivity index (χ2v) is 6.35. The predicted molar refractivity (Wildman–Crippen MR) is 80.0 cm³/mol. The van der Waals surface area contributed by atoms with E-state index >= 15 is 0 Å². The van der Waals surface area contributed by atoms with Crippen molar-refractivity contribution in [2.75, 3.05) is 13.1 Å². The third-order valence-corrected chi connectivity index (χ3v) is 4.96. The van der Waals surface area contributed by atoms with Crippen molar-refractivity contribution in [2.45, 2.75) is 64.7 Å². The molecule has 1 amide bonds. The highest BCUT2D eigenvalue weighted by Gasteiger charge is 2.30. The lowest BCUT2D eigenvalue weighted by molar-refractivity contribution is -0.137. The van der Waals surface area contributed by atoms with Crippen molar-refractivity contribution in [2.24, 2.45) is 17.0 Å². The van der Waals surface area contributed by atoms with Crippen LogP contribution in [0.25, 0.3) is 0 Å². The first-order valence-corrected chi connectivity index (χ1v) is 8.23. The number of nitrogens with zero attached hydrogens (tertiary/aromatic N) is 2. The molecule has 1 saturated carbocycles. The van der Waals surface area contributed by atoms with Gasteiger partial charge in [0.25, 0.3) is 0 Å². The Morgan fingerprint density at radius 3 is 2.45 bits per heavy atom. The quantitative estimate of drug-likeness (QED) is 0.633. The zero-order valence-electron chi connectivity index (χ0n) is 12.7. The van der Waals surface area contributed by atoms with Crippen molar-refractivity contribution >= 4 is 11.6 Å². The van der Waals surface area contributed by atoms with Gasteiger partial charge in [0.05, 0.1) is 5.71 Å². The van der Waals surface area contributed by atoms with E-state index in [2.05, 4.69) is 12.1 Å². The minimum absolute atomic E-state index is 0.250. The molecule has 1 aliphatic heterocycles. The normalized spacial score (nSPS) is 27.4. The van der Waals surface area contributed by atoms with Crippen molar-refractivity contribution in [1.29, 1.82) is 0 Å². The maximum absolute atomic E-state index is 12.5. The third-order valence-electron chi connectivity index (χ3n) is 4.96. The minimum Gasteiger partial charge on any atom is -0.411 e. The second kappa shape index (κ2) is 7.65. The molecule has 114 valence electrons. The number of hydrogen-bond donors (Lipinski definition) is 1. The van der Waals surface area contributed by atoms with Gasteiger partial charge in [-0.3, -0.25) is 4.79 Å². The Morgan fingerprint density at radius 2 is 1.90 bits per heavy atom. The van der Waals surface area contributed by atoms with Gasteiger partial charge in [0.1, 0.15) is 0 Å². The molecule has 1 aliphatic carbocycles. The van der Waals surface area contributed by atoms with E-state index in [0.717, 1.165) is 50.4 Å². The number of oxime groups is 1. The summed E-state index contributed by atoms with van der Waals surface area (Å²) in [4.78, 5) is 14.5. The van der Waals surface area contributed by atoms with E-state index in [9.17, 15) is 4.79 Å². The number of amides is 1. The number of likely N-dealkylation sites (tertiary alicyclic amines) is 1. The highest BCUT2D eigenvalue weighted by atomic mass is 16.4. The molecular formula is C16H28N2O2. The van der Waals surface area contributed by atoms with Crippen LogP contribution < -0.4 is 0 Å². The van der Waals surface area contributed by atoms with Crippen molar-refractivity contribution in [3.8, 4) is 0 Å². The molecule has 20 heavy (non-hydrogen) atoms. The van der Waals surface area contributed by atoms with Crippen LogP contribution in [-0.2, 0) is 4.79 Å². The predicted octanol–water partition coefficient (Wildman–Crippen LogP) is 3.44. The molecule has 2 fully saturated rings. The molecule has 0 unspecified atom stereocenters. The molecule has 1 N–H and O–H groups in total. The summed E-state index contributed by atoms with van der Waals surface area (Å²) < 4.78 is 0. The largest absolute Gasteiger partial charge is 0.411 e. The van der Waals surface area contributed by atoms with Gasteiger partial charge in [0, 0.05) is 31.8 Å². The molecule has 4 nitrogen and oxygen atoms in total. The topological polar surface area (TPSA) is 52.9 Å². The monoisotopic (exact) mass is 280 g/mol. The van der Waals surface area contributed by atoms with Crippen LogP contribution in [0.5, 0.6) is 0 Å². The fraction of sp³-hybridized carbons (Fsp3) is 0.875. The van der Waals surface area contributed by atoms with Gasteiger partial charge in [-0.15, -0.1) is 0 Å². The van der Waals surface area contributed by atoms with Crippen molar-refractivity contribution in [3.05, 3.63) is 0 Å². The maximum Gasteiger partial charge on any atom is 0.225 e. The van der Waals surface area contributed by atoms with Crippen LogP contribution in [0, 0.1) is 11.8 Å². The Labute approximate surface area is 122 Å². The molecular weight excluding hydrogens is 252 g/mol. The average Bonchev–Trinajstić information content (AvgIpc) is 2.53. The number of hydrogen-bond acceptors (Lipinski definition) is 3. The van der Waals surface area contributed by atoms with Crippen LogP contribution >= 0.6 is 0 Å². The fourth-order valence-electron chi connectivity index (χ4n) is 3.53. The summed E-state index contributed by atoms with van der Waals surface area (Å²) in [5.74, 6) is 1.45. The van der Waals surface area contributed by atoms with Crippen LogP contribution in [0.4, 0.5) is 0 Å². The number of carbonyl (C=O) groups excluding carboxylic acids is 1. The van der Waals surface area contributed by atoms with Gasteiger partial charge in [-0.2, -0.15) is 0 Å².